The fourth-order valence-corrected chi connectivity index (χ4v) is 6.07. The van der Waals surface area contributed by atoms with E-state index >= 15 is 0 Å². The van der Waals surface area contributed by atoms with Crippen LogP contribution >= 0.6 is 22.9 Å². The fraction of sp³-hybridized carbons (Fsp3) is 0.294. The van der Waals surface area contributed by atoms with Crippen molar-refractivity contribution in [1.82, 2.24) is 14.9 Å². The lowest BCUT2D eigenvalue weighted by atomic mass is 10.1. The summed E-state index contributed by atoms with van der Waals surface area (Å²) in [5, 5.41) is 7.04. The van der Waals surface area contributed by atoms with Crippen LogP contribution in [-0.2, 0) is 9.84 Å². The highest BCUT2D eigenvalue weighted by atomic mass is 35.5. The molecule has 142 valence electrons. The van der Waals surface area contributed by atoms with Crippen LogP contribution in [0.2, 0.25) is 4.34 Å². The molecular formula is C17H17ClN4O3S2. The maximum atomic E-state index is 12.6. The number of hydrogen-bond donors (Lipinski definition) is 2. The van der Waals surface area contributed by atoms with Gasteiger partial charge in [0.25, 0.3) is 5.91 Å². The van der Waals surface area contributed by atoms with Gasteiger partial charge in [-0.3, -0.25) is 4.79 Å². The van der Waals surface area contributed by atoms with Crippen LogP contribution in [0.15, 0.2) is 36.7 Å². The van der Waals surface area contributed by atoms with Crippen molar-refractivity contribution in [3.63, 3.8) is 0 Å². The number of nitrogens with two attached hydrogens (primary N) is 1. The van der Waals surface area contributed by atoms with E-state index in [2.05, 4.69) is 10.4 Å². The van der Waals surface area contributed by atoms with Crippen LogP contribution in [-0.4, -0.2) is 47.5 Å². The summed E-state index contributed by atoms with van der Waals surface area (Å²) in [6.45, 7) is 0. The first-order chi connectivity index (χ1) is 12.8. The number of rotatable bonds is 3. The van der Waals surface area contributed by atoms with Crippen molar-refractivity contribution in [2.24, 2.45) is 5.73 Å². The first-order valence-corrected chi connectivity index (χ1v) is 11.3. The lowest BCUT2D eigenvalue weighted by Crippen LogP contribution is -2.55. The highest BCUT2D eigenvalue weighted by Crippen LogP contribution is 2.37. The summed E-state index contributed by atoms with van der Waals surface area (Å²) in [6.07, 6.45) is 3.87. The molecule has 0 spiro atoms. The zero-order valence-corrected chi connectivity index (χ0v) is 16.5. The number of aromatic nitrogens is 2. The monoisotopic (exact) mass is 424 g/mol. The van der Waals surface area contributed by atoms with E-state index in [0.717, 1.165) is 22.4 Å². The van der Waals surface area contributed by atoms with Crippen molar-refractivity contribution in [3.05, 3.63) is 45.9 Å². The van der Waals surface area contributed by atoms with Crippen LogP contribution in [0.5, 0.6) is 0 Å². The van der Waals surface area contributed by atoms with Gasteiger partial charge in [-0.25, -0.2) is 12.9 Å². The molecule has 0 unspecified atom stereocenters. The van der Waals surface area contributed by atoms with Crippen molar-refractivity contribution in [2.45, 2.75) is 18.5 Å². The lowest BCUT2D eigenvalue weighted by Gasteiger charge is -2.28. The average Bonchev–Trinajstić information content (AvgIpc) is 3.21. The minimum atomic E-state index is -3.18. The third-order valence-electron chi connectivity index (χ3n) is 4.66. The Morgan fingerprint density at radius 1 is 1.37 bits per heavy atom. The predicted molar refractivity (Wildman–Crippen MR) is 106 cm³/mol. The molecule has 0 aromatic carbocycles. The number of carbonyl (C=O) groups excluding carboxylic acids is 1. The van der Waals surface area contributed by atoms with Gasteiger partial charge in [0.05, 0.1) is 34.1 Å². The van der Waals surface area contributed by atoms with Crippen LogP contribution in [0.3, 0.4) is 0 Å². The summed E-state index contributed by atoms with van der Waals surface area (Å²) in [4.78, 5) is 13.0. The number of carbonyl (C=O) groups is 1. The minimum absolute atomic E-state index is 0.0598. The molecular weight excluding hydrogens is 408 g/mol. The predicted octanol–water partition coefficient (Wildman–Crippen LogP) is 1.96. The van der Waals surface area contributed by atoms with E-state index < -0.39 is 15.9 Å². The maximum Gasteiger partial charge on any atom is 0.261 e. The highest BCUT2D eigenvalue weighted by Gasteiger charge is 2.32. The molecule has 3 aromatic heterocycles. The number of pyridine rings is 1. The van der Waals surface area contributed by atoms with E-state index in [9.17, 15) is 13.2 Å². The summed E-state index contributed by atoms with van der Waals surface area (Å²) in [5.41, 5.74) is 8.41. The Morgan fingerprint density at radius 2 is 2.19 bits per heavy atom. The van der Waals surface area contributed by atoms with Crippen molar-refractivity contribution >= 4 is 44.2 Å². The molecule has 1 fully saturated rings. The molecule has 7 nitrogen and oxygen atoms in total. The van der Waals surface area contributed by atoms with Crippen molar-refractivity contribution in [1.29, 1.82) is 0 Å². The van der Waals surface area contributed by atoms with Gasteiger partial charge in [0.15, 0.2) is 9.84 Å². The van der Waals surface area contributed by atoms with Gasteiger partial charge in [0.1, 0.15) is 4.34 Å². The Balaban J connectivity index is 1.60. The van der Waals surface area contributed by atoms with Crippen molar-refractivity contribution in [3.8, 4) is 11.1 Å². The van der Waals surface area contributed by atoms with E-state index in [0.29, 0.717) is 21.2 Å². The van der Waals surface area contributed by atoms with E-state index in [-0.39, 0.29) is 23.5 Å². The van der Waals surface area contributed by atoms with Gasteiger partial charge >= 0.3 is 0 Å². The number of thiophene rings is 1. The third kappa shape index (κ3) is 3.60. The minimum Gasteiger partial charge on any atom is -0.346 e. The molecule has 3 aromatic rings. The van der Waals surface area contributed by atoms with Crippen LogP contribution in [0.25, 0.3) is 16.6 Å². The number of nitrogens with one attached hydrogen (secondary N) is 1. The molecule has 4 heterocycles. The SMILES string of the molecule is N[C@H]1CCS(=O)(=O)C[C@@H]1NC(=O)c1cc(-c2cnn3ccccc23)c(Cl)s1. The molecule has 0 aliphatic carbocycles. The quantitative estimate of drug-likeness (QED) is 0.668. The average molecular weight is 425 g/mol. The van der Waals surface area contributed by atoms with Gasteiger partial charge < -0.3 is 11.1 Å². The molecule has 0 saturated carbocycles. The van der Waals surface area contributed by atoms with E-state index in [4.69, 9.17) is 17.3 Å². The molecule has 3 N–H and O–H groups in total. The number of amides is 1. The van der Waals surface area contributed by atoms with Gasteiger partial charge in [-0.2, -0.15) is 5.10 Å². The molecule has 27 heavy (non-hydrogen) atoms. The van der Waals surface area contributed by atoms with Crippen LogP contribution in [0.4, 0.5) is 0 Å². The second-order valence-electron chi connectivity index (χ2n) is 6.53. The normalized spacial score (nSPS) is 22.0. The van der Waals surface area contributed by atoms with Crippen LogP contribution < -0.4 is 11.1 Å². The van der Waals surface area contributed by atoms with Gasteiger partial charge in [0.2, 0.25) is 0 Å². The van der Waals surface area contributed by atoms with Crippen molar-refractivity contribution in [2.75, 3.05) is 11.5 Å². The largest absolute Gasteiger partial charge is 0.346 e. The van der Waals surface area contributed by atoms with E-state index in [1.165, 1.54) is 0 Å². The van der Waals surface area contributed by atoms with Gasteiger partial charge in [-0.05, 0) is 24.6 Å². The molecule has 0 radical (unpaired) electrons. The van der Waals surface area contributed by atoms with Gasteiger partial charge in [-0.15, -0.1) is 11.3 Å². The fourth-order valence-electron chi connectivity index (χ4n) is 3.19. The van der Waals surface area contributed by atoms with Gasteiger partial charge in [-0.1, -0.05) is 17.7 Å². The van der Waals surface area contributed by atoms with Crippen LogP contribution in [0.1, 0.15) is 16.1 Å². The molecule has 0 bridgehead atoms. The number of nitrogens with zero attached hydrogens (tertiary/aromatic N) is 2. The Kier molecular flexibility index (Phi) is 4.71. The molecule has 2 atom stereocenters. The number of sulfone groups is 1. The number of fused-ring (bicyclic) bond motifs is 1. The van der Waals surface area contributed by atoms with E-state index in [1.807, 2.05) is 24.4 Å². The summed E-state index contributed by atoms with van der Waals surface area (Å²) in [7, 11) is -3.18. The Labute approximate surface area is 165 Å². The summed E-state index contributed by atoms with van der Waals surface area (Å²) >= 11 is 7.52. The summed E-state index contributed by atoms with van der Waals surface area (Å²) in [5.74, 6) is -0.452. The topological polar surface area (TPSA) is 107 Å². The van der Waals surface area contributed by atoms with Crippen molar-refractivity contribution < 1.29 is 13.2 Å². The maximum absolute atomic E-state index is 12.6. The Hall–Kier alpha value is -1.94. The molecule has 10 heteroatoms. The molecule has 1 aliphatic heterocycles. The second-order valence-corrected chi connectivity index (χ2v) is 10.4. The Morgan fingerprint density at radius 3 is 3.00 bits per heavy atom. The molecule has 4 rings (SSSR count). The smallest absolute Gasteiger partial charge is 0.261 e. The van der Waals surface area contributed by atoms with Crippen LogP contribution in [0, 0.1) is 0 Å². The lowest BCUT2D eigenvalue weighted by molar-refractivity contribution is 0.0938. The standard InChI is InChI=1S/C17H17ClN4O3S2/c18-16-10(11-8-20-22-5-2-1-3-14(11)22)7-15(26-16)17(23)21-13-9-27(24,25)6-4-12(13)19/h1-3,5,7-8,12-13H,4,6,9,19H2,(H,21,23)/t12-,13-/m0/s1. The zero-order valence-electron chi connectivity index (χ0n) is 14.1. The molecule has 1 saturated heterocycles. The zero-order chi connectivity index (χ0) is 19.2. The first kappa shape index (κ1) is 18.4. The summed E-state index contributed by atoms with van der Waals surface area (Å²) < 4.78 is 25.9. The second kappa shape index (κ2) is 6.90. The number of hydrogen-bond acceptors (Lipinski definition) is 6. The first-order valence-electron chi connectivity index (χ1n) is 8.33. The van der Waals surface area contributed by atoms with E-state index in [1.54, 1.807) is 16.8 Å². The number of halogens is 1. The Bertz CT molecular complexity index is 1120. The highest BCUT2D eigenvalue weighted by molar-refractivity contribution is 7.91. The molecule has 1 aliphatic rings. The third-order valence-corrected chi connectivity index (χ3v) is 7.74. The van der Waals surface area contributed by atoms with Gasteiger partial charge in [0, 0.05) is 23.4 Å². The molecule has 1 amide bonds. The summed E-state index contributed by atoms with van der Waals surface area (Å²) in [6, 6.07) is 6.42.